The van der Waals surface area contributed by atoms with E-state index in [-0.39, 0.29) is 11.3 Å². The molecule has 0 aliphatic rings. The van der Waals surface area contributed by atoms with E-state index < -0.39 is 35.3 Å². The van der Waals surface area contributed by atoms with Crippen LogP contribution in [0.15, 0.2) is 28.7 Å². The Morgan fingerprint density at radius 1 is 1.13 bits per heavy atom. The minimum absolute atomic E-state index is 0.0366. The van der Waals surface area contributed by atoms with Crippen molar-refractivity contribution in [2.45, 2.75) is 25.4 Å². The molecule has 0 amide bonds. The number of thioether (sulfide) groups is 1. The first-order chi connectivity index (χ1) is 10.5. The van der Waals surface area contributed by atoms with Crippen LogP contribution in [0.4, 0.5) is 22.0 Å². The standard InChI is InChI=1S/C14H12BrF5O2S/c1-2-23-12(22)10(13(16,17)14(18,19)20)7-11(21)8-3-5-9(15)6-4-8/h3-6,10H,2,7H2,1H3. The topological polar surface area (TPSA) is 34.1 Å². The molecule has 2 nitrogen and oxygen atoms in total. The molecule has 1 aromatic carbocycles. The highest BCUT2D eigenvalue weighted by Gasteiger charge is 2.64. The minimum atomic E-state index is -5.90. The van der Waals surface area contributed by atoms with Crippen LogP contribution in [-0.4, -0.2) is 28.8 Å². The molecule has 1 rings (SSSR count). The van der Waals surface area contributed by atoms with E-state index in [1.165, 1.54) is 31.2 Å². The van der Waals surface area contributed by atoms with Crippen LogP contribution in [0.1, 0.15) is 23.7 Å². The fourth-order valence-corrected chi connectivity index (χ4v) is 2.72. The summed E-state index contributed by atoms with van der Waals surface area (Å²) in [5.41, 5.74) is -0.0366. The van der Waals surface area contributed by atoms with Gasteiger partial charge in [0.05, 0.1) is 0 Å². The van der Waals surface area contributed by atoms with Crippen molar-refractivity contribution in [1.29, 1.82) is 0 Å². The summed E-state index contributed by atoms with van der Waals surface area (Å²) in [6, 6.07) is 5.47. The molecular weight excluding hydrogens is 407 g/mol. The maximum Gasteiger partial charge on any atom is 0.454 e. The van der Waals surface area contributed by atoms with Gasteiger partial charge in [-0.25, -0.2) is 0 Å². The number of hydrogen-bond acceptors (Lipinski definition) is 3. The van der Waals surface area contributed by atoms with Gasteiger partial charge in [-0.3, -0.25) is 9.59 Å². The number of rotatable bonds is 6. The first-order valence-electron chi connectivity index (χ1n) is 6.40. The third-order valence-electron chi connectivity index (χ3n) is 2.94. The molecule has 0 N–H and O–H groups in total. The zero-order valence-corrected chi connectivity index (χ0v) is 14.2. The molecule has 0 spiro atoms. The quantitative estimate of drug-likeness (QED) is 0.475. The van der Waals surface area contributed by atoms with E-state index in [1.807, 2.05) is 0 Å². The van der Waals surface area contributed by atoms with E-state index in [4.69, 9.17) is 0 Å². The number of ketones is 1. The van der Waals surface area contributed by atoms with Crippen LogP contribution in [0.5, 0.6) is 0 Å². The molecule has 0 fully saturated rings. The van der Waals surface area contributed by atoms with Gasteiger partial charge in [0.2, 0.25) is 0 Å². The summed E-state index contributed by atoms with van der Waals surface area (Å²) in [4.78, 5) is 23.7. The van der Waals surface area contributed by atoms with Crippen LogP contribution in [0, 0.1) is 5.92 Å². The average molecular weight is 419 g/mol. The number of alkyl halides is 5. The van der Waals surface area contributed by atoms with Crippen LogP contribution in [0.2, 0.25) is 0 Å². The Kier molecular flexibility index (Phi) is 6.76. The zero-order chi connectivity index (χ0) is 17.8. The Bertz CT molecular complexity index is 572. The zero-order valence-electron chi connectivity index (χ0n) is 11.8. The fourth-order valence-electron chi connectivity index (χ4n) is 1.74. The molecule has 0 aliphatic heterocycles. The largest absolute Gasteiger partial charge is 0.454 e. The van der Waals surface area contributed by atoms with Gasteiger partial charge in [0, 0.05) is 16.5 Å². The van der Waals surface area contributed by atoms with Gasteiger partial charge in [0.1, 0.15) is 5.92 Å². The van der Waals surface area contributed by atoms with Crippen LogP contribution in [0.25, 0.3) is 0 Å². The summed E-state index contributed by atoms with van der Waals surface area (Å²) in [5, 5.41) is -1.35. The van der Waals surface area contributed by atoms with Crippen molar-refractivity contribution in [2.24, 2.45) is 5.92 Å². The van der Waals surface area contributed by atoms with E-state index in [1.54, 1.807) is 0 Å². The molecule has 1 aromatic rings. The van der Waals surface area contributed by atoms with Crippen LogP contribution in [0.3, 0.4) is 0 Å². The number of carbonyl (C=O) groups is 2. The second-order valence-corrected chi connectivity index (χ2v) is 6.74. The Balaban J connectivity index is 3.08. The van der Waals surface area contributed by atoms with Gasteiger partial charge in [-0.1, -0.05) is 46.7 Å². The number of benzene rings is 1. The summed E-state index contributed by atoms with van der Waals surface area (Å²) in [7, 11) is 0. The molecule has 1 unspecified atom stereocenters. The lowest BCUT2D eigenvalue weighted by Gasteiger charge is -2.26. The fraction of sp³-hybridized carbons (Fsp3) is 0.429. The normalized spacial score (nSPS) is 13.7. The number of halogens is 6. The van der Waals surface area contributed by atoms with E-state index in [0.717, 1.165) is 0 Å². The summed E-state index contributed by atoms with van der Waals surface area (Å²) in [6.07, 6.45) is -7.11. The second-order valence-electron chi connectivity index (χ2n) is 4.56. The molecular formula is C14H12BrF5O2S. The third-order valence-corrected chi connectivity index (χ3v) is 4.33. The Morgan fingerprint density at radius 3 is 2.09 bits per heavy atom. The van der Waals surface area contributed by atoms with Crippen LogP contribution >= 0.6 is 27.7 Å². The molecule has 9 heteroatoms. The molecule has 0 heterocycles. The Labute approximate surface area is 141 Å². The lowest BCUT2D eigenvalue weighted by molar-refractivity contribution is -0.296. The molecule has 128 valence electrons. The first-order valence-corrected chi connectivity index (χ1v) is 8.18. The van der Waals surface area contributed by atoms with Crippen molar-refractivity contribution >= 4 is 38.6 Å². The average Bonchev–Trinajstić information content (AvgIpc) is 2.44. The minimum Gasteiger partial charge on any atom is -0.294 e. The molecule has 0 aromatic heterocycles. The van der Waals surface area contributed by atoms with Crippen LogP contribution in [-0.2, 0) is 4.79 Å². The number of hydrogen-bond donors (Lipinski definition) is 0. The molecule has 23 heavy (non-hydrogen) atoms. The summed E-state index contributed by atoms with van der Waals surface area (Å²) >= 11 is 3.45. The van der Waals surface area contributed by atoms with Crippen molar-refractivity contribution in [3.8, 4) is 0 Å². The predicted octanol–water partition coefficient (Wildman–Crippen LogP) is 5.12. The monoisotopic (exact) mass is 418 g/mol. The Hall–Kier alpha value is -0.960. The number of Topliss-reactive ketones (excluding diaryl/α,β-unsaturated/α-hetero) is 1. The molecule has 0 radical (unpaired) electrons. The Morgan fingerprint density at radius 2 is 1.65 bits per heavy atom. The molecule has 0 bridgehead atoms. The van der Waals surface area contributed by atoms with Gasteiger partial charge >= 0.3 is 12.1 Å². The molecule has 0 saturated heterocycles. The van der Waals surface area contributed by atoms with Crippen LogP contribution < -0.4 is 0 Å². The molecule has 0 saturated carbocycles. The van der Waals surface area contributed by atoms with Gasteiger partial charge in [-0.05, 0) is 17.9 Å². The predicted molar refractivity (Wildman–Crippen MR) is 80.7 cm³/mol. The van der Waals surface area contributed by atoms with Gasteiger partial charge in [0.25, 0.3) is 0 Å². The maximum absolute atomic E-state index is 13.6. The van der Waals surface area contributed by atoms with Crippen molar-refractivity contribution in [3.05, 3.63) is 34.3 Å². The van der Waals surface area contributed by atoms with Crippen molar-refractivity contribution < 1.29 is 31.5 Å². The molecule has 1 atom stereocenters. The van der Waals surface area contributed by atoms with E-state index in [0.29, 0.717) is 16.2 Å². The van der Waals surface area contributed by atoms with Crippen molar-refractivity contribution in [3.63, 3.8) is 0 Å². The third kappa shape index (κ3) is 5.00. The summed E-state index contributed by atoms with van der Waals surface area (Å²) in [6.45, 7) is 1.45. The van der Waals surface area contributed by atoms with Crippen molar-refractivity contribution in [2.75, 3.05) is 5.75 Å². The van der Waals surface area contributed by atoms with Gasteiger partial charge < -0.3 is 0 Å². The highest BCUT2D eigenvalue weighted by Crippen LogP contribution is 2.44. The highest BCUT2D eigenvalue weighted by molar-refractivity contribution is 9.10. The summed E-state index contributed by atoms with van der Waals surface area (Å²) < 4.78 is 65.5. The van der Waals surface area contributed by atoms with Gasteiger partial charge in [-0.2, -0.15) is 22.0 Å². The molecule has 0 aliphatic carbocycles. The van der Waals surface area contributed by atoms with E-state index in [2.05, 4.69) is 15.9 Å². The van der Waals surface area contributed by atoms with E-state index >= 15 is 0 Å². The van der Waals surface area contributed by atoms with Gasteiger partial charge in [-0.15, -0.1) is 0 Å². The highest BCUT2D eigenvalue weighted by atomic mass is 79.9. The SMILES string of the molecule is CCSC(=O)C(CC(=O)c1ccc(Br)cc1)C(F)(F)C(F)(F)F. The summed E-state index contributed by atoms with van der Waals surface area (Å²) in [5.74, 6) is -8.92. The van der Waals surface area contributed by atoms with Gasteiger partial charge in [0.15, 0.2) is 10.9 Å². The smallest absolute Gasteiger partial charge is 0.294 e. The first kappa shape index (κ1) is 20.1. The lowest BCUT2D eigenvalue weighted by Crippen LogP contribution is -2.47. The maximum atomic E-state index is 13.6. The van der Waals surface area contributed by atoms with E-state index in [9.17, 15) is 31.5 Å². The van der Waals surface area contributed by atoms with Crippen molar-refractivity contribution in [1.82, 2.24) is 0 Å². The second kappa shape index (κ2) is 7.74. The number of carbonyl (C=O) groups excluding carboxylic acids is 2. The lowest BCUT2D eigenvalue weighted by atomic mass is 9.93.